The average Bonchev–Trinajstić information content (AvgIpc) is 2.53. The van der Waals surface area contributed by atoms with Crippen molar-refractivity contribution in [1.29, 1.82) is 0 Å². The van der Waals surface area contributed by atoms with Gasteiger partial charge in [-0.05, 0) is 42.0 Å². The van der Waals surface area contributed by atoms with Crippen LogP contribution in [-0.2, 0) is 4.79 Å². The molecule has 0 saturated heterocycles. The zero-order valence-corrected chi connectivity index (χ0v) is 12.2. The van der Waals surface area contributed by atoms with Gasteiger partial charge in [0.05, 0.1) is 10.5 Å². The van der Waals surface area contributed by atoms with Crippen molar-refractivity contribution in [2.75, 3.05) is 0 Å². The summed E-state index contributed by atoms with van der Waals surface area (Å²) in [5.74, 6) is -1.12. The second-order valence-electron chi connectivity index (χ2n) is 4.77. The molecule has 0 amide bonds. The first-order valence-corrected chi connectivity index (χ1v) is 6.86. The summed E-state index contributed by atoms with van der Waals surface area (Å²) in [6.45, 7) is 0. The molecule has 0 fully saturated rings. The highest BCUT2D eigenvalue weighted by molar-refractivity contribution is 6.33. The van der Waals surface area contributed by atoms with Gasteiger partial charge in [0.25, 0.3) is 5.69 Å². The van der Waals surface area contributed by atoms with Crippen LogP contribution in [0.5, 0.6) is 5.75 Å². The minimum atomic E-state index is -0.775. The van der Waals surface area contributed by atoms with Crippen molar-refractivity contribution in [1.82, 2.24) is 0 Å². The van der Waals surface area contributed by atoms with Crippen LogP contribution in [0.3, 0.4) is 0 Å². The van der Waals surface area contributed by atoms with Crippen molar-refractivity contribution in [2.45, 2.75) is 0 Å². The fourth-order valence-corrected chi connectivity index (χ4v) is 2.32. The van der Waals surface area contributed by atoms with Gasteiger partial charge in [-0.3, -0.25) is 14.9 Å². The van der Waals surface area contributed by atoms with Gasteiger partial charge < -0.3 is 4.74 Å². The summed E-state index contributed by atoms with van der Waals surface area (Å²) in [5.41, 5.74) is 0.432. The van der Waals surface area contributed by atoms with E-state index in [-0.39, 0.29) is 22.6 Å². The molecule has 0 N–H and O–H groups in total. The lowest BCUT2D eigenvalue weighted by molar-refractivity contribution is -0.384. The third-order valence-electron chi connectivity index (χ3n) is 3.27. The van der Waals surface area contributed by atoms with E-state index >= 15 is 0 Å². The molecule has 0 radical (unpaired) electrons. The van der Waals surface area contributed by atoms with E-state index < -0.39 is 16.7 Å². The van der Waals surface area contributed by atoms with Gasteiger partial charge in [-0.1, -0.05) is 11.6 Å². The van der Waals surface area contributed by atoms with Gasteiger partial charge in [-0.25, -0.2) is 4.79 Å². The van der Waals surface area contributed by atoms with Crippen LogP contribution in [0, 0.1) is 10.1 Å². The maximum absolute atomic E-state index is 12.4. The molecule has 7 heteroatoms. The van der Waals surface area contributed by atoms with E-state index in [4.69, 9.17) is 16.3 Å². The number of Topliss-reactive ketones (excluding diaryl/α,β-unsaturated/α-hetero) is 1. The molecule has 0 atom stereocenters. The summed E-state index contributed by atoms with van der Waals surface area (Å²) in [6, 6.07) is 9.86. The molecule has 1 heterocycles. The molecule has 0 unspecified atom stereocenters. The van der Waals surface area contributed by atoms with Crippen molar-refractivity contribution in [3.63, 3.8) is 0 Å². The quantitative estimate of drug-likeness (QED) is 0.210. The molecule has 6 nitrogen and oxygen atoms in total. The standard InChI is InChI=1S/C16H8ClNO5/c17-10-3-6-14-12(8-10)15(19)13(16(20)23-14)7-9-1-4-11(5-2-9)18(21)22/h1-8H/b13-7-. The molecule has 1 aliphatic heterocycles. The van der Waals surface area contributed by atoms with Gasteiger partial charge in [-0.15, -0.1) is 0 Å². The summed E-state index contributed by atoms with van der Waals surface area (Å²) in [6.07, 6.45) is 1.33. The number of non-ortho nitro benzene ring substituents is 1. The first kappa shape index (κ1) is 14.9. The Morgan fingerprint density at radius 2 is 1.78 bits per heavy atom. The van der Waals surface area contributed by atoms with Crippen molar-refractivity contribution in [3.8, 4) is 5.75 Å². The van der Waals surface area contributed by atoms with E-state index in [0.29, 0.717) is 10.6 Å². The van der Waals surface area contributed by atoms with Gasteiger partial charge in [0.15, 0.2) is 0 Å². The van der Waals surface area contributed by atoms with Crippen LogP contribution < -0.4 is 4.74 Å². The monoisotopic (exact) mass is 329 g/mol. The van der Waals surface area contributed by atoms with Crippen molar-refractivity contribution in [3.05, 3.63) is 74.3 Å². The number of halogens is 1. The molecule has 114 valence electrons. The molecule has 0 aliphatic carbocycles. The van der Waals surface area contributed by atoms with Crippen LogP contribution in [0.1, 0.15) is 15.9 Å². The van der Waals surface area contributed by atoms with E-state index in [1.807, 2.05) is 0 Å². The van der Waals surface area contributed by atoms with Crippen LogP contribution >= 0.6 is 11.6 Å². The molecular formula is C16H8ClNO5. The number of ketones is 1. The lowest BCUT2D eigenvalue weighted by Gasteiger charge is -2.16. The molecule has 23 heavy (non-hydrogen) atoms. The third-order valence-corrected chi connectivity index (χ3v) is 3.50. The second-order valence-corrected chi connectivity index (χ2v) is 5.20. The largest absolute Gasteiger partial charge is 0.422 e. The molecule has 0 saturated carbocycles. The van der Waals surface area contributed by atoms with Crippen LogP contribution in [0.2, 0.25) is 5.02 Å². The Morgan fingerprint density at radius 3 is 2.43 bits per heavy atom. The average molecular weight is 330 g/mol. The maximum Gasteiger partial charge on any atom is 0.347 e. The van der Waals surface area contributed by atoms with Crippen molar-refractivity contribution in [2.24, 2.45) is 0 Å². The number of hydrogen-bond donors (Lipinski definition) is 0. The zero-order chi connectivity index (χ0) is 16.6. The second kappa shape index (κ2) is 5.66. The van der Waals surface area contributed by atoms with E-state index in [9.17, 15) is 19.7 Å². The highest BCUT2D eigenvalue weighted by atomic mass is 35.5. The number of fused-ring (bicyclic) bond motifs is 1. The van der Waals surface area contributed by atoms with Gasteiger partial charge in [-0.2, -0.15) is 0 Å². The predicted octanol–water partition coefficient (Wildman–Crippen LogP) is 3.43. The van der Waals surface area contributed by atoms with Gasteiger partial charge >= 0.3 is 5.97 Å². The topological polar surface area (TPSA) is 86.5 Å². The number of carbonyl (C=O) groups excluding carboxylic acids is 2. The van der Waals surface area contributed by atoms with E-state index in [0.717, 1.165) is 0 Å². The molecule has 0 spiro atoms. The van der Waals surface area contributed by atoms with E-state index in [2.05, 4.69) is 0 Å². The number of benzene rings is 2. The minimum absolute atomic E-state index is 0.0816. The number of ether oxygens (including phenoxy) is 1. The van der Waals surface area contributed by atoms with Crippen molar-refractivity contribution < 1.29 is 19.2 Å². The minimum Gasteiger partial charge on any atom is -0.422 e. The molecule has 0 aromatic heterocycles. The lowest BCUT2D eigenvalue weighted by Crippen LogP contribution is -2.25. The van der Waals surface area contributed by atoms with E-state index in [1.165, 1.54) is 48.5 Å². The summed E-state index contributed by atoms with van der Waals surface area (Å²) in [7, 11) is 0. The number of rotatable bonds is 2. The Morgan fingerprint density at radius 1 is 1.09 bits per heavy atom. The molecule has 1 aliphatic rings. The molecule has 2 aromatic carbocycles. The number of nitrogens with zero attached hydrogens (tertiary/aromatic N) is 1. The first-order chi connectivity index (χ1) is 11.0. The zero-order valence-electron chi connectivity index (χ0n) is 11.5. The maximum atomic E-state index is 12.4. The summed E-state index contributed by atoms with van der Waals surface area (Å²) in [5, 5.41) is 11.0. The van der Waals surface area contributed by atoms with Gasteiger partial charge in [0.1, 0.15) is 11.3 Å². The molecule has 2 aromatic rings. The predicted molar refractivity (Wildman–Crippen MR) is 82.5 cm³/mol. The number of esters is 1. The Labute approximate surface area is 135 Å². The number of nitro benzene ring substituents is 1. The van der Waals surface area contributed by atoms with Gasteiger partial charge in [0.2, 0.25) is 5.78 Å². The summed E-state index contributed by atoms with van der Waals surface area (Å²) >= 11 is 5.86. The summed E-state index contributed by atoms with van der Waals surface area (Å²) < 4.78 is 5.11. The van der Waals surface area contributed by atoms with Crippen LogP contribution in [-0.4, -0.2) is 16.7 Å². The Balaban J connectivity index is 2.00. The lowest BCUT2D eigenvalue weighted by atomic mass is 9.98. The Bertz CT molecular complexity index is 871. The molecule has 0 bridgehead atoms. The highest BCUT2D eigenvalue weighted by Gasteiger charge is 2.30. The Kier molecular flexibility index (Phi) is 3.67. The fourth-order valence-electron chi connectivity index (χ4n) is 2.14. The van der Waals surface area contributed by atoms with Crippen molar-refractivity contribution >= 4 is 35.1 Å². The fraction of sp³-hybridized carbons (Fsp3) is 0. The number of hydrogen-bond acceptors (Lipinski definition) is 5. The van der Waals surface area contributed by atoms with Crippen LogP contribution in [0.4, 0.5) is 5.69 Å². The highest BCUT2D eigenvalue weighted by Crippen LogP contribution is 2.31. The molecular weight excluding hydrogens is 322 g/mol. The first-order valence-electron chi connectivity index (χ1n) is 6.48. The summed E-state index contributed by atoms with van der Waals surface area (Å²) in [4.78, 5) is 34.5. The Hall–Kier alpha value is -2.99. The number of carbonyl (C=O) groups is 2. The number of nitro groups is 1. The molecule has 3 rings (SSSR count). The third kappa shape index (κ3) is 2.84. The smallest absolute Gasteiger partial charge is 0.347 e. The van der Waals surface area contributed by atoms with Crippen LogP contribution in [0.15, 0.2) is 48.0 Å². The van der Waals surface area contributed by atoms with E-state index in [1.54, 1.807) is 0 Å². The van der Waals surface area contributed by atoms with Gasteiger partial charge in [0, 0.05) is 17.2 Å². The van der Waals surface area contributed by atoms with Crippen LogP contribution in [0.25, 0.3) is 6.08 Å². The SMILES string of the molecule is O=C1Oc2ccc(Cl)cc2C(=O)/C1=C/c1ccc([N+](=O)[O-])cc1. The normalized spacial score (nSPS) is 15.3.